The summed E-state index contributed by atoms with van der Waals surface area (Å²) in [5.41, 5.74) is 1.25. The zero-order valence-electron chi connectivity index (χ0n) is 15.9. The van der Waals surface area contributed by atoms with E-state index in [0.717, 1.165) is 24.8 Å². The molecule has 1 unspecified atom stereocenters. The molecule has 0 heterocycles. The van der Waals surface area contributed by atoms with Crippen molar-refractivity contribution in [3.63, 3.8) is 0 Å². The predicted molar refractivity (Wildman–Crippen MR) is 116 cm³/mol. The largest absolute Gasteiger partial charge is 0.497 e. The Labute approximate surface area is 169 Å². The number of hydrogen-bond acceptors (Lipinski definition) is 3. The van der Waals surface area contributed by atoms with Crippen molar-refractivity contribution in [2.24, 2.45) is 4.99 Å². The first-order valence-corrected chi connectivity index (χ1v) is 8.99. The number of benzene rings is 1. The van der Waals surface area contributed by atoms with E-state index in [1.165, 1.54) is 31.2 Å². The topological polar surface area (TPSA) is 48.9 Å². The highest BCUT2D eigenvalue weighted by Gasteiger charge is 2.17. The SMILES string of the molecule is CCNC(=NCC(c1ccc(OC)cc1)N(C)C)NC1CCCC1.I. The minimum atomic E-state index is 0. The Hall–Kier alpha value is -1.02. The molecule has 1 fully saturated rings. The van der Waals surface area contributed by atoms with Crippen LogP contribution in [0.4, 0.5) is 0 Å². The summed E-state index contributed by atoms with van der Waals surface area (Å²) in [6, 6.07) is 9.08. The lowest BCUT2D eigenvalue weighted by atomic mass is 10.1. The molecule has 6 heteroatoms. The van der Waals surface area contributed by atoms with Gasteiger partial charge in [-0.2, -0.15) is 0 Å². The fraction of sp³-hybridized carbons (Fsp3) is 0.632. The van der Waals surface area contributed by atoms with Crippen LogP contribution in [0.1, 0.15) is 44.2 Å². The zero-order valence-corrected chi connectivity index (χ0v) is 18.2. The molecule has 1 aliphatic rings. The molecule has 1 aromatic carbocycles. The minimum absolute atomic E-state index is 0. The Morgan fingerprint density at radius 1 is 1.24 bits per heavy atom. The lowest BCUT2D eigenvalue weighted by molar-refractivity contribution is 0.306. The number of nitrogens with zero attached hydrogens (tertiary/aromatic N) is 2. The standard InChI is InChI=1S/C19H32N4O.HI/c1-5-20-19(22-16-8-6-7-9-16)21-14-18(23(2)3)15-10-12-17(24-4)13-11-15;/h10-13,16,18H,5-9,14H2,1-4H3,(H2,20,21,22);1H. The molecule has 0 spiro atoms. The van der Waals surface area contributed by atoms with Crippen LogP contribution in [0.15, 0.2) is 29.3 Å². The maximum atomic E-state index is 5.25. The average Bonchev–Trinajstić information content (AvgIpc) is 3.08. The Bertz CT molecular complexity index is 513. The highest BCUT2D eigenvalue weighted by molar-refractivity contribution is 14.0. The Morgan fingerprint density at radius 2 is 1.88 bits per heavy atom. The summed E-state index contributed by atoms with van der Waals surface area (Å²) in [4.78, 5) is 7.05. The number of ether oxygens (including phenoxy) is 1. The summed E-state index contributed by atoms with van der Waals surface area (Å²) in [6.07, 6.45) is 5.15. The van der Waals surface area contributed by atoms with Crippen LogP contribution in [-0.4, -0.2) is 51.2 Å². The zero-order chi connectivity index (χ0) is 17.4. The Kier molecular flexibility index (Phi) is 10.2. The van der Waals surface area contributed by atoms with E-state index in [1.807, 2.05) is 12.1 Å². The number of halogens is 1. The van der Waals surface area contributed by atoms with Crippen molar-refractivity contribution in [1.29, 1.82) is 0 Å². The van der Waals surface area contributed by atoms with Gasteiger partial charge in [0.15, 0.2) is 5.96 Å². The monoisotopic (exact) mass is 460 g/mol. The molecule has 0 amide bonds. The maximum Gasteiger partial charge on any atom is 0.191 e. The van der Waals surface area contributed by atoms with Gasteiger partial charge in [-0.1, -0.05) is 25.0 Å². The van der Waals surface area contributed by atoms with Crippen LogP contribution in [0, 0.1) is 0 Å². The molecule has 0 aliphatic heterocycles. The van der Waals surface area contributed by atoms with Crippen molar-refractivity contribution in [2.75, 3.05) is 34.3 Å². The van der Waals surface area contributed by atoms with Crippen LogP contribution in [0.2, 0.25) is 0 Å². The van der Waals surface area contributed by atoms with Crippen LogP contribution < -0.4 is 15.4 Å². The number of rotatable bonds is 7. The van der Waals surface area contributed by atoms with Gasteiger partial charge in [0.05, 0.1) is 19.7 Å². The van der Waals surface area contributed by atoms with Crippen LogP contribution in [-0.2, 0) is 0 Å². The van der Waals surface area contributed by atoms with Gasteiger partial charge in [-0.15, -0.1) is 24.0 Å². The molecule has 1 saturated carbocycles. The van der Waals surface area contributed by atoms with Crippen molar-refractivity contribution < 1.29 is 4.74 Å². The van der Waals surface area contributed by atoms with Crippen molar-refractivity contribution in [3.8, 4) is 5.75 Å². The molecule has 0 bridgehead atoms. The van der Waals surface area contributed by atoms with E-state index < -0.39 is 0 Å². The van der Waals surface area contributed by atoms with Crippen molar-refractivity contribution in [2.45, 2.75) is 44.7 Å². The molecule has 5 nitrogen and oxygen atoms in total. The lowest BCUT2D eigenvalue weighted by Crippen LogP contribution is -2.42. The smallest absolute Gasteiger partial charge is 0.191 e. The Balaban J connectivity index is 0.00000312. The maximum absolute atomic E-state index is 5.25. The second-order valence-corrected chi connectivity index (χ2v) is 6.60. The summed E-state index contributed by atoms with van der Waals surface area (Å²) in [7, 11) is 5.89. The molecule has 1 atom stereocenters. The molecule has 0 saturated heterocycles. The van der Waals surface area contributed by atoms with E-state index in [1.54, 1.807) is 7.11 Å². The van der Waals surface area contributed by atoms with E-state index in [9.17, 15) is 0 Å². The van der Waals surface area contributed by atoms with Gasteiger partial charge in [0.1, 0.15) is 5.75 Å². The first kappa shape index (κ1) is 22.0. The number of methoxy groups -OCH3 is 1. The number of guanidine groups is 1. The van der Waals surface area contributed by atoms with Gasteiger partial charge < -0.3 is 20.3 Å². The molecule has 1 aromatic rings. The summed E-state index contributed by atoms with van der Waals surface area (Å²) < 4.78 is 5.25. The highest BCUT2D eigenvalue weighted by atomic mass is 127. The molecular formula is C19H33IN4O. The quantitative estimate of drug-likeness (QED) is 0.372. The second-order valence-electron chi connectivity index (χ2n) is 6.60. The highest BCUT2D eigenvalue weighted by Crippen LogP contribution is 2.22. The molecule has 0 aromatic heterocycles. The Morgan fingerprint density at radius 3 is 2.40 bits per heavy atom. The lowest BCUT2D eigenvalue weighted by Gasteiger charge is -2.24. The fourth-order valence-electron chi connectivity index (χ4n) is 3.15. The van der Waals surface area contributed by atoms with Crippen molar-refractivity contribution >= 4 is 29.9 Å². The summed E-state index contributed by atoms with van der Waals surface area (Å²) >= 11 is 0. The summed E-state index contributed by atoms with van der Waals surface area (Å²) in [6.45, 7) is 3.72. The first-order chi connectivity index (χ1) is 11.6. The third kappa shape index (κ3) is 7.01. The van der Waals surface area contributed by atoms with E-state index in [-0.39, 0.29) is 30.0 Å². The van der Waals surface area contributed by atoms with Gasteiger partial charge in [0.2, 0.25) is 0 Å². The normalized spacial score (nSPS) is 16.4. The van der Waals surface area contributed by atoms with Gasteiger partial charge >= 0.3 is 0 Å². The van der Waals surface area contributed by atoms with Crippen LogP contribution in [0.5, 0.6) is 5.75 Å². The third-order valence-corrected chi connectivity index (χ3v) is 4.59. The van der Waals surface area contributed by atoms with Crippen LogP contribution in [0.25, 0.3) is 0 Å². The van der Waals surface area contributed by atoms with E-state index >= 15 is 0 Å². The van der Waals surface area contributed by atoms with Gasteiger partial charge in [-0.25, -0.2) is 0 Å². The van der Waals surface area contributed by atoms with E-state index in [4.69, 9.17) is 9.73 Å². The van der Waals surface area contributed by atoms with Crippen molar-refractivity contribution in [3.05, 3.63) is 29.8 Å². The van der Waals surface area contributed by atoms with Crippen LogP contribution in [0.3, 0.4) is 0 Å². The van der Waals surface area contributed by atoms with Crippen LogP contribution >= 0.6 is 24.0 Å². The number of hydrogen-bond donors (Lipinski definition) is 2. The minimum Gasteiger partial charge on any atom is -0.497 e. The molecule has 2 rings (SSSR count). The van der Waals surface area contributed by atoms with E-state index in [0.29, 0.717) is 6.04 Å². The summed E-state index contributed by atoms with van der Waals surface area (Å²) in [5.74, 6) is 1.82. The molecule has 142 valence electrons. The number of aliphatic imine (C=N–C) groups is 1. The van der Waals surface area contributed by atoms with Crippen molar-refractivity contribution in [1.82, 2.24) is 15.5 Å². The third-order valence-electron chi connectivity index (χ3n) is 4.59. The fourth-order valence-corrected chi connectivity index (χ4v) is 3.15. The predicted octanol–water partition coefficient (Wildman–Crippen LogP) is 3.41. The molecule has 1 aliphatic carbocycles. The number of likely N-dealkylation sites (N-methyl/N-ethyl adjacent to an activating group) is 1. The van der Waals surface area contributed by atoms with E-state index in [2.05, 4.69) is 48.7 Å². The van der Waals surface area contributed by atoms with Gasteiger partial charge in [-0.3, -0.25) is 4.99 Å². The first-order valence-electron chi connectivity index (χ1n) is 8.99. The molecule has 25 heavy (non-hydrogen) atoms. The number of nitrogens with one attached hydrogen (secondary N) is 2. The summed E-state index contributed by atoms with van der Waals surface area (Å²) in [5, 5.41) is 6.96. The van der Waals surface area contributed by atoms with Gasteiger partial charge in [-0.05, 0) is 51.6 Å². The molecule has 0 radical (unpaired) electrons. The molecular weight excluding hydrogens is 427 g/mol. The average molecular weight is 460 g/mol. The van der Waals surface area contributed by atoms with Gasteiger partial charge in [0.25, 0.3) is 0 Å². The van der Waals surface area contributed by atoms with Gasteiger partial charge in [0, 0.05) is 12.6 Å². The molecule has 2 N–H and O–H groups in total. The second kappa shape index (κ2) is 11.6.